The molecule has 134 valence electrons. The number of amides is 1. The van der Waals surface area contributed by atoms with E-state index in [1.165, 1.54) is 4.31 Å². The molecule has 1 N–H and O–H groups in total. The van der Waals surface area contributed by atoms with E-state index in [-0.39, 0.29) is 11.9 Å². The molecule has 0 fully saturated rings. The second-order valence-corrected chi connectivity index (χ2v) is 8.87. The Kier molecular flexibility index (Phi) is 4.91. The van der Waals surface area contributed by atoms with Gasteiger partial charge in [-0.2, -0.15) is 9.40 Å². The van der Waals surface area contributed by atoms with Crippen molar-refractivity contribution in [1.29, 1.82) is 0 Å². The Morgan fingerprint density at radius 1 is 1.28 bits per heavy atom. The lowest BCUT2D eigenvalue weighted by Gasteiger charge is -2.34. The summed E-state index contributed by atoms with van der Waals surface area (Å²) in [6.07, 6.45) is 1.66. The normalized spacial score (nSPS) is 18.1. The van der Waals surface area contributed by atoms with Crippen LogP contribution in [0.1, 0.15) is 35.9 Å². The highest BCUT2D eigenvalue weighted by Gasteiger charge is 2.34. The SMILES string of the molecule is CC(C)S(=O)(=O)N1Cc2ccnn2[C@@H](CNC(=O)c2ccccc2)C1. The number of nitrogens with zero attached hydrogens (tertiary/aromatic N) is 3. The summed E-state index contributed by atoms with van der Waals surface area (Å²) in [4.78, 5) is 12.3. The van der Waals surface area contributed by atoms with Crippen molar-refractivity contribution in [3.63, 3.8) is 0 Å². The summed E-state index contributed by atoms with van der Waals surface area (Å²) in [6.45, 7) is 4.27. The highest BCUT2D eigenvalue weighted by molar-refractivity contribution is 7.89. The lowest BCUT2D eigenvalue weighted by molar-refractivity contribution is 0.0942. The van der Waals surface area contributed by atoms with Crippen LogP contribution >= 0.6 is 0 Å². The first-order valence-electron chi connectivity index (χ1n) is 8.24. The van der Waals surface area contributed by atoms with Gasteiger partial charge in [-0.1, -0.05) is 18.2 Å². The van der Waals surface area contributed by atoms with Crippen LogP contribution in [0.5, 0.6) is 0 Å². The van der Waals surface area contributed by atoms with Crippen LogP contribution in [0.2, 0.25) is 0 Å². The molecule has 3 rings (SSSR count). The van der Waals surface area contributed by atoms with Crippen molar-refractivity contribution in [2.75, 3.05) is 13.1 Å². The summed E-state index contributed by atoms with van der Waals surface area (Å²) >= 11 is 0. The minimum absolute atomic E-state index is 0.182. The molecular formula is C17H22N4O3S. The minimum Gasteiger partial charge on any atom is -0.350 e. The minimum atomic E-state index is -3.36. The van der Waals surface area contributed by atoms with Gasteiger partial charge >= 0.3 is 0 Å². The van der Waals surface area contributed by atoms with Crippen molar-refractivity contribution in [3.05, 3.63) is 53.9 Å². The number of aromatic nitrogens is 2. The molecule has 7 nitrogen and oxygen atoms in total. The third-order valence-corrected chi connectivity index (χ3v) is 6.53. The van der Waals surface area contributed by atoms with E-state index < -0.39 is 15.3 Å². The maximum atomic E-state index is 12.5. The Labute approximate surface area is 147 Å². The number of nitrogens with one attached hydrogen (secondary N) is 1. The molecular weight excluding hydrogens is 340 g/mol. The van der Waals surface area contributed by atoms with Gasteiger partial charge in [-0.3, -0.25) is 9.48 Å². The number of hydrogen-bond acceptors (Lipinski definition) is 4. The summed E-state index contributed by atoms with van der Waals surface area (Å²) in [7, 11) is -3.36. The van der Waals surface area contributed by atoms with Crippen LogP contribution < -0.4 is 5.32 Å². The third-order valence-electron chi connectivity index (χ3n) is 4.34. The number of fused-ring (bicyclic) bond motifs is 1. The number of carbonyl (C=O) groups is 1. The zero-order valence-corrected chi connectivity index (χ0v) is 15.1. The van der Waals surface area contributed by atoms with E-state index >= 15 is 0 Å². The fourth-order valence-electron chi connectivity index (χ4n) is 2.90. The average molecular weight is 362 g/mol. The first kappa shape index (κ1) is 17.6. The Morgan fingerprint density at radius 2 is 2.00 bits per heavy atom. The van der Waals surface area contributed by atoms with E-state index in [1.54, 1.807) is 49.0 Å². The van der Waals surface area contributed by atoms with Gasteiger partial charge in [0.15, 0.2) is 0 Å². The van der Waals surface area contributed by atoms with Crippen molar-refractivity contribution in [3.8, 4) is 0 Å². The number of sulfonamides is 1. The predicted octanol–water partition coefficient (Wildman–Crippen LogP) is 1.41. The Bertz CT molecular complexity index is 846. The lowest BCUT2D eigenvalue weighted by atomic mass is 10.2. The fourth-order valence-corrected chi connectivity index (χ4v) is 4.19. The zero-order chi connectivity index (χ0) is 18.0. The second-order valence-electron chi connectivity index (χ2n) is 6.38. The Hall–Kier alpha value is -2.19. The molecule has 0 spiro atoms. The lowest BCUT2D eigenvalue weighted by Crippen LogP contribution is -2.47. The molecule has 1 aliphatic heterocycles. The molecule has 0 saturated carbocycles. The summed E-state index contributed by atoms with van der Waals surface area (Å²) < 4.78 is 28.3. The zero-order valence-electron chi connectivity index (χ0n) is 14.3. The average Bonchev–Trinajstić information content (AvgIpc) is 3.08. The highest BCUT2D eigenvalue weighted by atomic mass is 32.2. The van der Waals surface area contributed by atoms with Crippen LogP contribution in [0.4, 0.5) is 0 Å². The molecule has 0 bridgehead atoms. The maximum absolute atomic E-state index is 12.5. The van der Waals surface area contributed by atoms with Crippen molar-refractivity contribution in [2.24, 2.45) is 0 Å². The van der Waals surface area contributed by atoms with Crippen LogP contribution in [-0.2, 0) is 16.6 Å². The van der Waals surface area contributed by atoms with Gasteiger partial charge in [0.05, 0.1) is 23.5 Å². The first-order chi connectivity index (χ1) is 11.9. The summed E-state index contributed by atoms with van der Waals surface area (Å²) in [5.74, 6) is -0.182. The molecule has 1 aromatic heterocycles. The molecule has 0 saturated heterocycles. The van der Waals surface area contributed by atoms with E-state index in [2.05, 4.69) is 10.4 Å². The number of rotatable bonds is 5. The topological polar surface area (TPSA) is 84.3 Å². The Morgan fingerprint density at radius 3 is 2.68 bits per heavy atom. The smallest absolute Gasteiger partial charge is 0.251 e. The quantitative estimate of drug-likeness (QED) is 0.872. The molecule has 0 unspecified atom stereocenters. The van der Waals surface area contributed by atoms with Gasteiger partial charge in [0, 0.05) is 24.8 Å². The van der Waals surface area contributed by atoms with Gasteiger partial charge in [-0.25, -0.2) is 8.42 Å². The molecule has 8 heteroatoms. The molecule has 1 aliphatic rings. The van der Waals surface area contributed by atoms with Gasteiger partial charge in [-0.05, 0) is 32.0 Å². The maximum Gasteiger partial charge on any atom is 0.251 e. The van der Waals surface area contributed by atoms with Crippen LogP contribution in [0.3, 0.4) is 0 Å². The molecule has 2 heterocycles. The number of benzene rings is 1. The van der Waals surface area contributed by atoms with Crippen molar-refractivity contribution in [2.45, 2.75) is 31.7 Å². The molecule has 2 aromatic rings. The monoisotopic (exact) mass is 362 g/mol. The molecule has 1 aromatic carbocycles. The van der Waals surface area contributed by atoms with Gasteiger partial charge in [0.25, 0.3) is 5.91 Å². The van der Waals surface area contributed by atoms with Crippen LogP contribution in [0.25, 0.3) is 0 Å². The van der Waals surface area contributed by atoms with Crippen molar-refractivity contribution in [1.82, 2.24) is 19.4 Å². The molecule has 1 atom stereocenters. The van der Waals surface area contributed by atoms with Gasteiger partial charge in [-0.15, -0.1) is 0 Å². The molecule has 1 amide bonds. The van der Waals surface area contributed by atoms with Gasteiger partial charge in [0.1, 0.15) is 0 Å². The number of carbonyl (C=O) groups excluding carboxylic acids is 1. The summed E-state index contributed by atoms with van der Waals surface area (Å²) in [6, 6.07) is 10.5. The second kappa shape index (κ2) is 6.97. The van der Waals surface area contributed by atoms with Crippen LogP contribution in [0.15, 0.2) is 42.6 Å². The van der Waals surface area contributed by atoms with E-state index in [1.807, 2.05) is 12.1 Å². The standard InChI is InChI=1S/C17H22N4O3S/c1-13(2)25(23,24)20-11-15-8-9-19-21(15)16(12-20)10-18-17(22)14-6-4-3-5-7-14/h3-9,13,16H,10-12H2,1-2H3,(H,18,22)/t16-/m0/s1. The summed E-state index contributed by atoms with van der Waals surface area (Å²) in [5.41, 5.74) is 1.40. The van der Waals surface area contributed by atoms with Crippen LogP contribution in [-0.4, -0.2) is 46.8 Å². The van der Waals surface area contributed by atoms with Crippen LogP contribution in [0, 0.1) is 0 Å². The Balaban J connectivity index is 1.75. The van der Waals surface area contributed by atoms with E-state index in [0.29, 0.717) is 25.2 Å². The van der Waals surface area contributed by atoms with Crippen molar-refractivity contribution < 1.29 is 13.2 Å². The van der Waals surface area contributed by atoms with E-state index in [4.69, 9.17) is 0 Å². The fraction of sp³-hybridized carbons (Fsp3) is 0.412. The van der Waals surface area contributed by atoms with E-state index in [0.717, 1.165) is 5.69 Å². The first-order valence-corrected chi connectivity index (χ1v) is 9.74. The summed E-state index contributed by atoms with van der Waals surface area (Å²) in [5, 5.41) is 6.69. The third kappa shape index (κ3) is 3.59. The molecule has 0 aliphatic carbocycles. The number of hydrogen-bond donors (Lipinski definition) is 1. The van der Waals surface area contributed by atoms with Crippen molar-refractivity contribution >= 4 is 15.9 Å². The highest BCUT2D eigenvalue weighted by Crippen LogP contribution is 2.24. The van der Waals surface area contributed by atoms with Gasteiger partial charge < -0.3 is 5.32 Å². The predicted molar refractivity (Wildman–Crippen MR) is 94.5 cm³/mol. The van der Waals surface area contributed by atoms with E-state index in [9.17, 15) is 13.2 Å². The van der Waals surface area contributed by atoms with Gasteiger partial charge in [0.2, 0.25) is 10.0 Å². The molecule has 0 radical (unpaired) electrons. The molecule has 25 heavy (non-hydrogen) atoms. The largest absolute Gasteiger partial charge is 0.350 e.